The average Bonchev–Trinajstić information content (AvgIpc) is 3.06. The molecule has 8 nitrogen and oxygen atoms in total. The zero-order valence-corrected chi connectivity index (χ0v) is 20.7. The van der Waals surface area contributed by atoms with Crippen LogP contribution in [0.4, 0.5) is 18.0 Å². The van der Waals surface area contributed by atoms with E-state index < -0.39 is 12.1 Å². The van der Waals surface area contributed by atoms with Gasteiger partial charge >= 0.3 is 18.2 Å². The van der Waals surface area contributed by atoms with Gasteiger partial charge in [-0.3, -0.25) is 4.79 Å². The predicted molar refractivity (Wildman–Crippen MR) is 125 cm³/mol. The van der Waals surface area contributed by atoms with Crippen LogP contribution in [0.25, 0.3) is 0 Å². The quantitative estimate of drug-likeness (QED) is 0.649. The third-order valence-corrected chi connectivity index (χ3v) is 6.54. The van der Waals surface area contributed by atoms with Crippen molar-refractivity contribution < 1.29 is 32.7 Å². The van der Waals surface area contributed by atoms with Crippen molar-refractivity contribution in [1.82, 2.24) is 20.0 Å². The Morgan fingerprint density at radius 2 is 1.69 bits per heavy atom. The molecule has 0 aromatic heterocycles. The number of benzene rings is 1. The molecule has 2 aliphatic rings. The first-order valence-corrected chi connectivity index (χ1v) is 11.5. The predicted octanol–water partition coefficient (Wildman–Crippen LogP) is 2.89. The first-order valence-electron chi connectivity index (χ1n) is 11.5. The van der Waals surface area contributed by atoms with E-state index in [1.165, 1.54) is 11.1 Å². The number of nitrogens with zero attached hydrogens (tertiary/aromatic N) is 3. The van der Waals surface area contributed by atoms with E-state index in [1.54, 1.807) is 4.90 Å². The number of halogens is 3. The second-order valence-electron chi connectivity index (χ2n) is 9.59. The Kier molecular flexibility index (Phi) is 9.53. The molecule has 1 aromatic carbocycles. The minimum absolute atomic E-state index is 0.0953. The zero-order chi connectivity index (χ0) is 26.4. The van der Waals surface area contributed by atoms with Gasteiger partial charge in [-0.15, -0.1) is 0 Å². The highest BCUT2D eigenvalue weighted by Gasteiger charge is 2.46. The fourth-order valence-corrected chi connectivity index (χ4v) is 4.81. The molecule has 0 radical (unpaired) electrons. The lowest BCUT2D eigenvalue weighted by atomic mass is 9.73. The van der Waals surface area contributed by atoms with Crippen molar-refractivity contribution in [1.29, 1.82) is 0 Å². The summed E-state index contributed by atoms with van der Waals surface area (Å²) in [4.78, 5) is 39.4. The van der Waals surface area contributed by atoms with Gasteiger partial charge in [-0.05, 0) is 55.8 Å². The second kappa shape index (κ2) is 11.7. The highest BCUT2D eigenvalue weighted by Crippen LogP contribution is 2.52. The Balaban J connectivity index is 0.000000540. The van der Waals surface area contributed by atoms with Gasteiger partial charge in [0.05, 0.1) is 0 Å². The molecule has 1 heterocycles. The highest BCUT2D eigenvalue weighted by atomic mass is 19.4. The molecule has 35 heavy (non-hydrogen) atoms. The van der Waals surface area contributed by atoms with E-state index in [1.807, 2.05) is 33.1 Å². The monoisotopic (exact) mass is 500 g/mol. The number of amides is 3. The molecule has 196 valence electrons. The van der Waals surface area contributed by atoms with Crippen molar-refractivity contribution in [2.24, 2.45) is 0 Å². The number of carboxylic acids is 1. The van der Waals surface area contributed by atoms with Crippen molar-refractivity contribution in [3.05, 3.63) is 35.4 Å². The van der Waals surface area contributed by atoms with Gasteiger partial charge in [0.2, 0.25) is 5.91 Å². The Morgan fingerprint density at radius 1 is 1.11 bits per heavy atom. The van der Waals surface area contributed by atoms with Crippen molar-refractivity contribution in [3.63, 3.8) is 0 Å². The SMILES string of the molecule is CN(C)CCNC(=O)CC1CC2(CCN(C(=O)N(C)C)CC2)c2ccccc21.O=C(O)C(F)(F)F. The Morgan fingerprint density at radius 3 is 2.20 bits per heavy atom. The summed E-state index contributed by atoms with van der Waals surface area (Å²) in [5.74, 6) is -2.35. The fraction of sp³-hybridized carbons (Fsp3) is 0.625. The van der Waals surface area contributed by atoms with Crippen LogP contribution in [0.1, 0.15) is 42.7 Å². The molecule has 3 amide bonds. The van der Waals surface area contributed by atoms with Crippen molar-refractivity contribution >= 4 is 17.9 Å². The van der Waals surface area contributed by atoms with Crippen LogP contribution in [-0.4, -0.2) is 98.3 Å². The summed E-state index contributed by atoms with van der Waals surface area (Å²) in [6.07, 6.45) is -1.57. The first-order chi connectivity index (χ1) is 16.3. The number of likely N-dealkylation sites (tertiary alicyclic amines) is 1. The molecule has 1 aliphatic carbocycles. The number of likely N-dealkylation sites (N-methyl/N-ethyl adjacent to an activating group) is 1. The van der Waals surface area contributed by atoms with Gasteiger partial charge in [-0.1, -0.05) is 24.3 Å². The van der Waals surface area contributed by atoms with E-state index in [2.05, 4.69) is 34.5 Å². The van der Waals surface area contributed by atoms with Crippen molar-refractivity contribution in [3.8, 4) is 0 Å². The smallest absolute Gasteiger partial charge is 0.475 e. The molecule has 1 saturated heterocycles. The Hall–Kier alpha value is -2.82. The number of fused-ring (bicyclic) bond motifs is 2. The molecular formula is C24H35F3N4O4. The lowest BCUT2D eigenvalue weighted by molar-refractivity contribution is -0.192. The topological polar surface area (TPSA) is 93.2 Å². The summed E-state index contributed by atoms with van der Waals surface area (Å²) in [6.45, 7) is 3.11. The molecule has 11 heteroatoms. The van der Waals surface area contributed by atoms with Crippen molar-refractivity contribution in [2.75, 3.05) is 54.4 Å². The summed E-state index contributed by atoms with van der Waals surface area (Å²) < 4.78 is 31.7. The van der Waals surface area contributed by atoms with Gasteiger partial charge in [0, 0.05) is 46.7 Å². The van der Waals surface area contributed by atoms with E-state index in [9.17, 15) is 22.8 Å². The van der Waals surface area contributed by atoms with Crippen LogP contribution in [-0.2, 0) is 15.0 Å². The van der Waals surface area contributed by atoms with Gasteiger partial charge in [-0.2, -0.15) is 13.2 Å². The van der Waals surface area contributed by atoms with E-state index >= 15 is 0 Å². The summed E-state index contributed by atoms with van der Waals surface area (Å²) in [7, 11) is 7.64. The van der Waals surface area contributed by atoms with Crippen molar-refractivity contribution in [2.45, 2.75) is 43.2 Å². The number of piperidine rings is 1. The zero-order valence-electron chi connectivity index (χ0n) is 20.7. The maximum Gasteiger partial charge on any atom is 0.490 e. The second-order valence-corrected chi connectivity index (χ2v) is 9.59. The number of nitrogens with one attached hydrogen (secondary N) is 1. The van der Waals surface area contributed by atoms with Crippen LogP contribution in [0.5, 0.6) is 0 Å². The molecule has 1 spiro atoms. The number of carboxylic acid groups (broad SMARTS) is 1. The Labute approximate surface area is 204 Å². The molecule has 1 fully saturated rings. The molecule has 1 atom stereocenters. The van der Waals surface area contributed by atoms with Gasteiger partial charge in [-0.25, -0.2) is 9.59 Å². The third-order valence-electron chi connectivity index (χ3n) is 6.54. The number of hydrogen-bond donors (Lipinski definition) is 2. The Bertz CT molecular complexity index is 897. The summed E-state index contributed by atoms with van der Waals surface area (Å²) >= 11 is 0. The number of urea groups is 1. The molecule has 0 bridgehead atoms. The number of alkyl halides is 3. The average molecular weight is 501 g/mol. The third kappa shape index (κ3) is 7.58. The molecule has 3 rings (SSSR count). The van der Waals surface area contributed by atoms with Crippen LogP contribution >= 0.6 is 0 Å². The summed E-state index contributed by atoms with van der Waals surface area (Å²) in [5, 5.41) is 10.2. The summed E-state index contributed by atoms with van der Waals surface area (Å²) in [6, 6.07) is 8.72. The van der Waals surface area contributed by atoms with Gasteiger partial charge < -0.3 is 25.1 Å². The number of hydrogen-bond acceptors (Lipinski definition) is 4. The molecule has 1 aliphatic heterocycles. The van der Waals surface area contributed by atoms with E-state index in [-0.39, 0.29) is 23.3 Å². The fourth-order valence-electron chi connectivity index (χ4n) is 4.81. The maximum atomic E-state index is 12.5. The van der Waals surface area contributed by atoms with Crippen LogP contribution in [0.15, 0.2) is 24.3 Å². The van der Waals surface area contributed by atoms with Gasteiger partial charge in [0.25, 0.3) is 0 Å². The van der Waals surface area contributed by atoms with E-state index in [0.717, 1.165) is 38.9 Å². The van der Waals surface area contributed by atoms with Gasteiger partial charge in [0.1, 0.15) is 0 Å². The standard InChI is InChI=1S/C22H34N4O2.C2HF3O2/c1-24(2)14-11-23-20(27)15-17-16-22(19-8-6-5-7-18(17)19)9-12-26(13-10-22)21(28)25(3)4;3-2(4,5)1(6)7/h5-8,17H,9-16H2,1-4H3,(H,23,27);(H,6,7). The number of carbonyl (C=O) groups is 3. The molecule has 1 aromatic rings. The van der Waals surface area contributed by atoms with Crippen LogP contribution in [0, 0.1) is 0 Å². The molecule has 0 saturated carbocycles. The summed E-state index contributed by atoms with van der Waals surface area (Å²) in [5.41, 5.74) is 2.84. The number of aliphatic carboxylic acids is 1. The van der Waals surface area contributed by atoms with Crippen LogP contribution < -0.4 is 5.32 Å². The lowest BCUT2D eigenvalue weighted by Crippen LogP contribution is -2.47. The lowest BCUT2D eigenvalue weighted by Gasteiger charge is -2.41. The maximum absolute atomic E-state index is 12.5. The van der Waals surface area contributed by atoms with Crippen LogP contribution in [0.2, 0.25) is 0 Å². The molecular weight excluding hydrogens is 465 g/mol. The molecule has 1 unspecified atom stereocenters. The number of rotatable bonds is 5. The number of carbonyl (C=O) groups excluding carboxylic acids is 2. The van der Waals surface area contributed by atoms with Crippen LogP contribution in [0.3, 0.4) is 0 Å². The van der Waals surface area contributed by atoms with E-state index in [0.29, 0.717) is 13.0 Å². The first kappa shape index (κ1) is 28.4. The minimum atomic E-state index is -5.08. The largest absolute Gasteiger partial charge is 0.490 e. The highest BCUT2D eigenvalue weighted by molar-refractivity contribution is 5.77. The van der Waals surface area contributed by atoms with E-state index in [4.69, 9.17) is 9.90 Å². The minimum Gasteiger partial charge on any atom is -0.475 e. The molecule has 2 N–H and O–H groups in total. The normalized spacial score (nSPS) is 18.5. The van der Waals surface area contributed by atoms with Gasteiger partial charge in [0.15, 0.2) is 0 Å².